The molecule has 4 atom stereocenters. The van der Waals surface area contributed by atoms with Gasteiger partial charge in [-0.25, -0.2) is 23.2 Å². The van der Waals surface area contributed by atoms with Crippen LogP contribution in [0.3, 0.4) is 0 Å². The van der Waals surface area contributed by atoms with Crippen molar-refractivity contribution in [3.63, 3.8) is 0 Å². The van der Waals surface area contributed by atoms with Crippen molar-refractivity contribution in [1.82, 2.24) is 15.5 Å². The van der Waals surface area contributed by atoms with Gasteiger partial charge in [0, 0.05) is 26.0 Å². The van der Waals surface area contributed by atoms with Crippen molar-refractivity contribution in [3.8, 4) is 0 Å². The number of carbonyl (C=O) groups is 5. The van der Waals surface area contributed by atoms with E-state index in [9.17, 15) is 32.8 Å². The van der Waals surface area contributed by atoms with Crippen LogP contribution in [0.2, 0.25) is 0 Å². The van der Waals surface area contributed by atoms with Crippen LogP contribution in [0.15, 0.2) is 18.2 Å². The molecule has 40 heavy (non-hydrogen) atoms. The van der Waals surface area contributed by atoms with Crippen molar-refractivity contribution in [1.29, 1.82) is 0 Å². The number of rotatable bonds is 13. The second-order valence-electron chi connectivity index (χ2n) is 9.54. The average Bonchev–Trinajstić information content (AvgIpc) is 3.39. The molecule has 2 rings (SSSR count). The Kier molecular flexibility index (Phi) is 12.8. The van der Waals surface area contributed by atoms with Crippen LogP contribution >= 0.6 is 0 Å². The van der Waals surface area contributed by atoms with E-state index in [4.69, 9.17) is 14.2 Å². The molecule has 13 heteroatoms. The molecule has 0 aromatic heterocycles. The summed E-state index contributed by atoms with van der Waals surface area (Å²) in [5.41, 5.74) is 0.0589. The average molecular weight is 570 g/mol. The molecule has 1 aliphatic heterocycles. The van der Waals surface area contributed by atoms with Crippen molar-refractivity contribution in [3.05, 3.63) is 35.4 Å². The van der Waals surface area contributed by atoms with Crippen LogP contribution in [-0.4, -0.2) is 79.2 Å². The zero-order valence-electron chi connectivity index (χ0n) is 23.2. The number of halogens is 2. The molecule has 1 aliphatic rings. The van der Waals surface area contributed by atoms with E-state index in [1.807, 2.05) is 6.92 Å². The van der Waals surface area contributed by atoms with Crippen LogP contribution in [0, 0.1) is 11.6 Å². The molecule has 0 spiro atoms. The Labute approximate surface area is 231 Å². The Morgan fingerprint density at radius 2 is 1.75 bits per heavy atom. The van der Waals surface area contributed by atoms with Gasteiger partial charge >= 0.3 is 18.0 Å². The fraction of sp³-hybridized carbons (Fsp3) is 0.593. The van der Waals surface area contributed by atoms with Gasteiger partial charge in [-0.05, 0) is 43.9 Å². The van der Waals surface area contributed by atoms with Gasteiger partial charge in [-0.1, -0.05) is 19.8 Å². The van der Waals surface area contributed by atoms with Crippen LogP contribution < -0.4 is 10.6 Å². The summed E-state index contributed by atoms with van der Waals surface area (Å²) in [7, 11) is 1.07. The summed E-state index contributed by atoms with van der Waals surface area (Å²) in [5, 5.41) is 4.76. The standard InChI is InChI=1S/C27H37F2N3O8/c1-5-6-7-11-39-27(37)30-21(14-18-12-19(28)15-20(29)13-18)24(34)31-23(26(36)38-4)16(2)40-25(35)22-9-8-10-32(22)17(3)33/h12-13,15-16,21-23H,5-11,14H2,1-4H3,(H,30,37)(H,31,34)/t16-,21-,22?,23-/m0/s1. The number of methoxy groups -OCH3 is 1. The normalized spacial score (nSPS) is 16.9. The molecule has 2 N–H and O–H groups in total. The van der Waals surface area contributed by atoms with Gasteiger partial charge in [-0.2, -0.15) is 0 Å². The number of likely N-dealkylation sites (tertiary alicyclic amines) is 1. The molecular formula is C27H37F2N3O8. The minimum absolute atomic E-state index is 0.0589. The summed E-state index contributed by atoms with van der Waals surface area (Å²) >= 11 is 0. The summed E-state index contributed by atoms with van der Waals surface area (Å²) in [6, 6.07) is -1.08. The van der Waals surface area contributed by atoms with Gasteiger partial charge < -0.3 is 29.7 Å². The molecule has 0 bridgehead atoms. The Morgan fingerprint density at radius 1 is 1.07 bits per heavy atom. The Balaban J connectivity index is 2.19. The highest BCUT2D eigenvalue weighted by molar-refractivity contribution is 5.90. The van der Waals surface area contributed by atoms with Crippen LogP contribution in [0.4, 0.5) is 13.6 Å². The van der Waals surface area contributed by atoms with Crippen LogP contribution in [-0.2, 0) is 39.8 Å². The number of hydrogen-bond acceptors (Lipinski definition) is 8. The lowest BCUT2D eigenvalue weighted by Crippen LogP contribution is -2.56. The molecule has 222 valence electrons. The van der Waals surface area contributed by atoms with Crippen LogP contribution in [0.5, 0.6) is 0 Å². The van der Waals surface area contributed by atoms with Crippen molar-refractivity contribution in [2.24, 2.45) is 0 Å². The zero-order valence-corrected chi connectivity index (χ0v) is 23.2. The molecule has 1 aromatic rings. The van der Waals surface area contributed by atoms with E-state index in [0.717, 1.165) is 32.1 Å². The fourth-order valence-electron chi connectivity index (χ4n) is 4.34. The first-order chi connectivity index (χ1) is 19.0. The third kappa shape index (κ3) is 9.76. The first kappa shape index (κ1) is 32.4. The number of ether oxygens (including phenoxy) is 3. The number of carbonyl (C=O) groups excluding carboxylic acids is 5. The first-order valence-electron chi connectivity index (χ1n) is 13.2. The van der Waals surface area contributed by atoms with Crippen molar-refractivity contribution in [2.45, 2.75) is 83.5 Å². The van der Waals surface area contributed by atoms with Crippen molar-refractivity contribution >= 4 is 29.8 Å². The molecule has 3 amide bonds. The Bertz CT molecular complexity index is 1050. The molecule has 0 saturated carbocycles. The molecule has 1 heterocycles. The smallest absolute Gasteiger partial charge is 0.407 e. The molecular weight excluding hydrogens is 532 g/mol. The highest BCUT2D eigenvalue weighted by Gasteiger charge is 2.38. The molecule has 11 nitrogen and oxygen atoms in total. The zero-order chi connectivity index (χ0) is 29.8. The Hall–Kier alpha value is -3.77. The van der Waals surface area contributed by atoms with Gasteiger partial charge in [-0.15, -0.1) is 0 Å². The maximum atomic E-state index is 13.8. The van der Waals surface area contributed by atoms with E-state index in [-0.39, 0.29) is 24.5 Å². The molecule has 0 radical (unpaired) electrons. The third-order valence-electron chi connectivity index (χ3n) is 6.41. The number of amides is 3. The number of nitrogens with zero attached hydrogens (tertiary/aromatic N) is 1. The summed E-state index contributed by atoms with van der Waals surface area (Å²) in [6.07, 6.45) is 0.797. The highest BCUT2D eigenvalue weighted by Crippen LogP contribution is 2.20. The maximum Gasteiger partial charge on any atom is 0.407 e. The number of nitrogens with one attached hydrogen (secondary N) is 2. The van der Waals surface area contributed by atoms with Crippen LogP contribution in [0.25, 0.3) is 0 Å². The van der Waals surface area contributed by atoms with E-state index in [0.29, 0.717) is 31.9 Å². The molecule has 1 unspecified atom stereocenters. The molecule has 1 fully saturated rings. The largest absolute Gasteiger partial charge is 0.467 e. The monoisotopic (exact) mass is 569 g/mol. The van der Waals surface area contributed by atoms with E-state index < -0.39 is 59.8 Å². The summed E-state index contributed by atoms with van der Waals surface area (Å²) in [4.78, 5) is 64.2. The van der Waals surface area contributed by atoms with Gasteiger partial charge in [0.2, 0.25) is 11.8 Å². The van der Waals surface area contributed by atoms with E-state index in [1.54, 1.807) is 0 Å². The summed E-state index contributed by atoms with van der Waals surface area (Å²) in [5.74, 6) is -4.66. The Morgan fingerprint density at radius 3 is 2.35 bits per heavy atom. The number of unbranched alkanes of at least 4 members (excludes halogenated alkanes) is 2. The maximum absolute atomic E-state index is 13.8. The van der Waals surface area contributed by atoms with E-state index >= 15 is 0 Å². The predicted octanol–water partition coefficient (Wildman–Crippen LogP) is 2.39. The minimum atomic E-state index is -1.50. The minimum Gasteiger partial charge on any atom is -0.467 e. The second-order valence-corrected chi connectivity index (χ2v) is 9.54. The second kappa shape index (κ2) is 15.7. The first-order valence-corrected chi connectivity index (χ1v) is 13.2. The van der Waals surface area contributed by atoms with Crippen LogP contribution in [0.1, 0.15) is 58.4 Å². The molecule has 0 aliphatic carbocycles. The lowest BCUT2D eigenvalue weighted by Gasteiger charge is -2.28. The van der Waals surface area contributed by atoms with Gasteiger partial charge in [0.15, 0.2) is 6.04 Å². The van der Waals surface area contributed by atoms with Gasteiger partial charge in [-0.3, -0.25) is 9.59 Å². The lowest BCUT2D eigenvalue weighted by molar-refractivity contribution is -0.163. The quantitative estimate of drug-likeness (QED) is 0.210. The third-order valence-corrected chi connectivity index (χ3v) is 6.41. The van der Waals surface area contributed by atoms with Gasteiger partial charge in [0.1, 0.15) is 29.8 Å². The summed E-state index contributed by atoms with van der Waals surface area (Å²) in [6.45, 7) is 5.15. The number of hydrogen-bond donors (Lipinski definition) is 2. The summed E-state index contributed by atoms with van der Waals surface area (Å²) < 4.78 is 42.9. The molecule has 1 aromatic carbocycles. The number of benzene rings is 1. The fourth-order valence-corrected chi connectivity index (χ4v) is 4.34. The van der Waals surface area contributed by atoms with Gasteiger partial charge in [0.25, 0.3) is 0 Å². The number of alkyl carbamates (subject to hydrolysis) is 1. The highest BCUT2D eigenvalue weighted by atomic mass is 19.1. The lowest BCUT2D eigenvalue weighted by atomic mass is 10.0. The van der Waals surface area contributed by atoms with Crippen molar-refractivity contribution in [2.75, 3.05) is 20.3 Å². The van der Waals surface area contributed by atoms with Crippen molar-refractivity contribution < 1.29 is 47.0 Å². The predicted molar refractivity (Wildman–Crippen MR) is 138 cm³/mol. The van der Waals surface area contributed by atoms with E-state index in [1.165, 1.54) is 18.7 Å². The molecule has 1 saturated heterocycles. The number of esters is 2. The SMILES string of the molecule is CCCCCOC(=O)N[C@@H](Cc1cc(F)cc(F)c1)C(=O)N[C@H](C(=O)OC)[C@H](C)OC(=O)C1CCCN1C(C)=O. The topological polar surface area (TPSA) is 140 Å². The van der Waals surface area contributed by atoms with E-state index in [2.05, 4.69) is 10.6 Å². The van der Waals surface area contributed by atoms with Gasteiger partial charge in [0.05, 0.1) is 13.7 Å².